The fraction of sp³-hybridized carbons (Fsp3) is 0.275. The van der Waals surface area contributed by atoms with E-state index in [1.54, 1.807) is 0 Å². The van der Waals surface area contributed by atoms with E-state index >= 15 is 0 Å². The molecule has 2 unspecified atom stereocenters. The van der Waals surface area contributed by atoms with Crippen LogP contribution >= 0.6 is 0 Å². The number of benzene rings is 4. The third-order valence-corrected chi connectivity index (χ3v) is 9.20. The van der Waals surface area contributed by atoms with Gasteiger partial charge in [0.25, 0.3) is 0 Å². The fourth-order valence-electron chi connectivity index (χ4n) is 6.56. The van der Waals surface area contributed by atoms with Gasteiger partial charge in [0.1, 0.15) is 12.3 Å². The summed E-state index contributed by atoms with van der Waals surface area (Å²) in [7, 11) is 2.11. The first-order valence-corrected chi connectivity index (χ1v) is 15.9. The maximum atomic E-state index is 4.54. The second-order valence-corrected chi connectivity index (χ2v) is 13.2. The summed E-state index contributed by atoms with van der Waals surface area (Å²) < 4.78 is 0. The molecule has 2 atom stereocenters. The Hall–Kier alpha value is -4.77. The molecular formula is C40H45N5. The summed E-state index contributed by atoms with van der Waals surface area (Å²) in [6, 6.07) is 38.9. The van der Waals surface area contributed by atoms with Crippen molar-refractivity contribution in [3.05, 3.63) is 132 Å². The van der Waals surface area contributed by atoms with E-state index in [1.807, 2.05) is 12.3 Å². The fourth-order valence-corrected chi connectivity index (χ4v) is 6.56. The van der Waals surface area contributed by atoms with Gasteiger partial charge in [-0.25, -0.2) is 4.98 Å². The standard InChI is InChI=1S/C25H28N2.C15H17N3/c1-18-11-9-10-14-22(18)27-19(2)26(21-12-7-6-8-13-21)23-16-15-20(17-24(23)27)25(3,4)5;1-11-7-4-5-8-13(11)18-12(2)17(3)14-9-6-10-16-15(14)18/h6-17,19H,1-5H3;4-10,12H,1-3H3. The number of para-hydroxylation sites is 3. The van der Waals surface area contributed by atoms with Gasteiger partial charge in [0.05, 0.1) is 17.1 Å². The Morgan fingerprint density at radius 1 is 0.556 bits per heavy atom. The van der Waals surface area contributed by atoms with E-state index in [9.17, 15) is 0 Å². The number of nitrogens with zero attached hydrogens (tertiary/aromatic N) is 5. The number of hydrogen-bond acceptors (Lipinski definition) is 5. The Morgan fingerprint density at radius 3 is 1.76 bits per heavy atom. The second kappa shape index (κ2) is 12.0. The number of aryl methyl sites for hydroxylation is 2. The Morgan fingerprint density at radius 2 is 1.13 bits per heavy atom. The normalized spacial score (nSPS) is 17.2. The summed E-state index contributed by atoms with van der Waals surface area (Å²) in [5.74, 6) is 1.04. The molecule has 0 spiro atoms. The van der Waals surface area contributed by atoms with E-state index in [0.29, 0.717) is 0 Å². The zero-order chi connectivity index (χ0) is 31.9. The largest absolute Gasteiger partial charge is 0.351 e. The molecule has 1 aromatic heterocycles. The molecule has 3 heterocycles. The highest BCUT2D eigenvalue weighted by molar-refractivity contribution is 5.89. The molecule has 5 nitrogen and oxygen atoms in total. The molecule has 0 saturated carbocycles. The highest BCUT2D eigenvalue weighted by Crippen LogP contribution is 2.49. The van der Waals surface area contributed by atoms with Crippen LogP contribution in [0.2, 0.25) is 0 Å². The van der Waals surface area contributed by atoms with Crippen molar-refractivity contribution in [1.82, 2.24) is 4.98 Å². The average molecular weight is 596 g/mol. The minimum atomic E-state index is 0.121. The van der Waals surface area contributed by atoms with Crippen LogP contribution in [0, 0.1) is 13.8 Å². The summed E-state index contributed by atoms with van der Waals surface area (Å²) in [6.45, 7) is 15.7. The quantitative estimate of drug-likeness (QED) is 0.207. The van der Waals surface area contributed by atoms with Crippen molar-refractivity contribution in [2.24, 2.45) is 0 Å². The Balaban J connectivity index is 0.000000172. The Kier molecular flexibility index (Phi) is 8.05. The molecule has 5 heteroatoms. The summed E-state index contributed by atoms with van der Waals surface area (Å²) in [6.07, 6.45) is 2.35. The van der Waals surface area contributed by atoms with Gasteiger partial charge in [-0.3, -0.25) is 0 Å². The Bertz CT molecular complexity index is 1790. The number of anilines is 7. The predicted molar refractivity (Wildman–Crippen MR) is 192 cm³/mol. The van der Waals surface area contributed by atoms with Gasteiger partial charge < -0.3 is 19.6 Å². The summed E-state index contributed by atoms with van der Waals surface area (Å²) in [5.41, 5.74) is 11.5. The molecule has 45 heavy (non-hydrogen) atoms. The zero-order valence-electron chi connectivity index (χ0n) is 27.9. The van der Waals surface area contributed by atoms with Crippen LogP contribution < -0.4 is 19.6 Å². The van der Waals surface area contributed by atoms with Crippen LogP contribution in [0.5, 0.6) is 0 Å². The maximum Gasteiger partial charge on any atom is 0.158 e. The maximum absolute atomic E-state index is 4.54. The van der Waals surface area contributed by atoms with Gasteiger partial charge >= 0.3 is 0 Å². The van der Waals surface area contributed by atoms with Crippen molar-refractivity contribution in [2.75, 3.05) is 26.6 Å². The van der Waals surface area contributed by atoms with E-state index < -0.39 is 0 Å². The van der Waals surface area contributed by atoms with E-state index in [1.165, 1.54) is 50.8 Å². The molecule has 0 radical (unpaired) electrons. The predicted octanol–water partition coefficient (Wildman–Crippen LogP) is 10.3. The number of hydrogen-bond donors (Lipinski definition) is 0. The van der Waals surface area contributed by atoms with Gasteiger partial charge in [0.15, 0.2) is 5.82 Å². The lowest BCUT2D eigenvalue weighted by atomic mass is 9.86. The van der Waals surface area contributed by atoms with E-state index in [0.717, 1.165) is 5.82 Å². The lowest BCUT2D eigenvalue weighted by Crippen LogP contribution is -2.36. The molecule has 0 fully saturated rings. The molecule has 0 N–H and O–H groups in total. The first-order chi connectivity index (χ1) is 21.6. The molecule has 5 aromatic rings. The van der Waals surface area contributed by atoms with Crippen molar-refractivity contribution in [3.8, 4) is 0 Å². The minimum absolute atomic E-state index is 0.121. The van der Waals surface area contributed by atoms with Gasteiger partial charge in [0.2, 0.25) is 0 Å². The molecule has 0 bridgehead atoms. The lowest BCUT2D eigenvalue weighted by molar-refractivity contribution is 0.590. The summed E-state index contributed by atoms with van der Waals surface area (Å²) in [5, 5.41) is 0. The van der Waals surface area contributed by atoms with Gasteiger partial charge in [-0.2, -0.15) is 0 Å². The zero-order valence-corrected chi connectivity index (χ0v) is 27.9. The minimum Gasteiger partial charge on any atom is -0.351 e. The SMILES string of the molecule is Cc1ccccc1N1c2cc(C(C)(C)C)ccc2N(c2ccccc2)C1C.Cc1ccccc1N1c2ncccc2N(C)C1C. The third-order valence-electron chi connectivity index (χ3n) is 9.20. The molecule has 0 saturated heterocycles. The van der Waals surface area contributed by atoms with Crippen LogP contribution in [-0.4, -0.2) is 24.4 Å². The van der Waals surface area contributed by atoms with Gasteiger partial charge in [0, 0.05) is 30.3 Å². The number of aromatic nitrogens is 1. The van der Waals surface area contributed by atoms with E-state index in [-0.39, 0.29) is 17.7 Å². The Labute approximate surface area is 269 Å². The average Bonchev–Trinajstić information content (AvgIpc) is 3.46. The van der Waals surface area contributed by atoms with Crippen LogP contribution in [0.4, 0.5) is 39.9 Å². The van der Waals surface area contributed by atoms with Crippen molar-refractivity contribution in [1.29, 1.82) is 0 Å². The molecule has 4 aromatic carbocycles. The first kappa shape index (κ1) is 30.3. The van der Waals surface area contributed by atoms with Gasteiger partial charge in [-0.05, 0) is 98.3 Å². The van der Waals surface area contributed by atoms with Crippen LogP contribution in [0.15, 0.2) is 115 Å². The van der Waals surface area contributed by atoms with Gasteiger partial charge in [-0.1, -0.05) is 81.4 Å². The first-order valence-electron chi connectivity index (χ1n) is 15.9. The highest BCUT2D eigenvalue weighted by Gasteiger charge is 2.36. The van der Waals surface area contributed by atoms with Crippen molar-refractivity contribution in [3.63, 3.8) is 0 Å². The smallest absolute Gasteiger partial charge is 0.158 e. The van der Waals surface area contributed by atoms with Crippen LogP contribution in [0.3, 0.4) is 0 Å². The molecule has 0 amide bonds. The molecule has 2 aliphatic rings. The topological polar surface area (TPSA) is 25.9 Å². The number of pyridine rings is 1. The molecule has 7 rings (SSSR count). The number of fused-ring (bicyclic) bond motifs is 2. The van der Waals surface area contributed by atoms with Crippen LogP contribution in [0.1, 0.15) is 51.3 Å². The van der Waals surface area contributed by atoms with E-state index in [2.05, 4.69) is 183 Å². The number of rotatable bonds is 3. The summed E-state index contributed by atoms with van der Waals surface area (Å²) in [4.78, 5) is 14.0. The van der Waals surface area contributed by atoms with E-state index in [4.69, 9.17) is 0 Å². The monoisotopic (exact) mass is 595 g/mol. The lowest BCUT2D eigenvalue weighted by Gasteiger charge is -2.31. The summed E-state index contributed by atoms with van der Waals surface area (Å²) >= 11 is 0. The van der Waals surface area contributed by atoms with Crippen molar-refractivity contribution < 1.29 is 0 Å². The second-order valence-electron chi connectivity index (χ2n) is 13.2. The molecule has 230 valence electrons. The van der Waals surface area contributed by atoms with Crippen molar-refractivity contribution >= 4 is 39.9 Å². The third kappa shape index (κ3) is 5.52. The van der Waals surface area contributed by atoms with Gasteiger partial charge in [-0.15, -0.1) is 0 Å². The highest BCUT2D eigenvalue weighted by atomic mass is 15.4. The molecule has 0 aliphatic carbocycles. The van der Waals surface area contributed by atoms with Crippen LogP contribution in [-0.2, 0) is 5.41 Å². The molecular weight excluding hydrogens is 550 g/mol. The van der Waals surface area contributed by atoms with Crippen LogP contribution in [0.25, 0.3) is 0 Å². The molecule has 2 aliphatic heterocycles. The van der Waals surface area contributed by atoms with Crippen molar-refractivity contribution in [2.45, 2.75) is 66.2 Å².